The average molecular weight is 291 g/mol. The van der Waals surface area contributed by atoms with Crippen molar-refractivity contribution < 1.29 is 9.16 Å². The largest absolute Gasteiger partial charge is 0.470 e. The molecule has 0 unspecified atom stereocenters. The van der Waals surface area contributed by atoms with Crippen molar-refractivity contribution >= 4 is 25.7 Å². The van der Waals surface area contributed by atoms with Gasteiger partial charge in [0.15, 0.2) is 8.32 Å². The standard InChI is InChI=1S/C12H26N2O2SSi/c1-12(2,3)18(4,5)16-10-6-9(7-10)8-15-11(17)14-13/h9-10H,6-8,13H2,1-5H3,(H,14,17). The Kier molecular flexibility index (Phi) is 5.17. The maximum atomic E-state index is 6.31. The van der Waals surface area contributed by atoms with Crippen molar-refractivity contribution in [2.24, 2.45) is 11.8 Å². The predicted molar refractivity (Wildman–Crippen MR) is 80.7 cm³/mol. The van der Waals surface area contributed by atoms with E-state index in [4.69, 9.17) is 27.2 Å². The molecule has 1 rings (SSSR count). The number of ether oxygens (including phenoxy) is 1. The van der Waals surface area contributed by atoms with Gasteiger partial charge in [0.05, 0.1) is 6.61 Å². The van der Waals surface area contributed by atoms with Crippen molar-refractivity contribution in [3.63, 3.8) is 0 Å². The van der Waals surface area contributed by atoms with Crippen molar-refractivity contribution in [1.82, 2.24) is 5.43 Å². The fourth-order valence-electron chi connectivity index (χ4n) is 1.74. The lowest BCUT2D eigenvalue weighted by Crippen LogP contribution is -2.48. The molecule has 0 atom stereocenters. The first-order valence-electron chi connectivity index (χ1n) is 6.47. The minimum absolute atomic E-state index is 0.267. The minimum Gasteiger partial charge on any atom is -0.470 e. The number of hydrogen-bond acceptors (Lipinski definition) is 4. The number of nitrogens with two attached hydrogens (primary N) is 1. The molecule has 0 spiro atoms. The summed E-state index contributed by atoms with van der Waals surface area (Å²) in [6.07, 6.45) is 2.54. The van der Waals surface area contributed by atoms with Gasteiger partial charge in [-0.3, -0.25) is 5.43 Å². The molecule has 0 saturated heterocycles. The maximum absolute atomic E-state index is 6.31. The van der Waals surface area contributed by atoms with Gasteiger partial charge in [0.25, 0.3) is 5.17 Å². The lowest BCUT2D eigenvalue weighted by atomic mass is 9.83. The molecule has 0 aliphatic heterocycles. The van der Waals surface area contributed by atoms with Gasteiger partial charge in [-0.25, -0.2) is 5.84 Å². The van der Waals surface area contributed by atoms with Crippen molar-refractivity contribution in [3.8, 4) is 0 Å². The molecule has 4 nitrogen and oxygen atoms in total. The van der Waals surface area contributed by atoms with Crippen LogP contribution in [0.4, 0.5) is 0 Å². The molecule has 0 heterocycles. The van der Waals surface area contributed by atoms with Crippen molar-refractivity contribution in [1.29, 1.82) is 0 Å². The summed E-state index contributed by atoms with van der Waals surface area (Å²) in [6, 6.07) is 0. The smallest absolute Gasteiger partial charge is 0.271 e. The summed E-state index contributed by atoms with van der Waals surface area (Å²) in [5, 5.41) is 0.545. The molecule has 106 valence electrons. The zero-order valence-electron chi connectivity index (χ0n) is 12.1. The fraction of sp³-hybridized carbons (Fsp3) is 0.917. The monoisotopic (exact) mass is 290 g/mol. The van der Waals surface area contributed by atoms with Crippen LogP contribution in [0.3, 0.4) is 0 Å². The summed E-state index contributed by atoms with van der Waals surface area (Å²) in [4.78, 5) is 0. The SMILES string of the molecule is CC(C)(C)[Si](C)(C)OC1CC(COC(=S)NN)C1. The summed E-state index contributed by atoms with van der Waals surface area (Å²) in [6.45, 7) is 12.0. The van der Waals surface area contributed by atoms with E-state index in [-0.39, 0.29) is 10.2 Å². The Labute approximate surface area is 117 Å². The van der Waals surface area contributed by atoms with Crippen LogP contribution in [0.1, 0.15) is 33.6 Å². The van der Waals surface area contributed by atoms with E-state index in [1.54, 1.807) is 0 Å². The first-order valence-corrected chi connectivity index (χ1v) is 9.78. The lowest BCUT2D eigenvalue weighted by Gasteiger charge is -2.44. The van der Waals surface area contributed by atoms with Crippen molar-refractivity contribution in [3.05, 3.63) is 0 Å². The lowest BCUT2D eigenvalue weighted by molar-refractivity contribution is 0.0261. The topological polar surface area (TPSA) is 56.5 Å². The summed E-state index contributed by atoms with van der Waals surface area (Å²) >= 11 is 4.83. The molecule has 1 saturated carbocycles. The predicted octanol–water partition coefficient (Wildman–Crippen LogP) is 2.55. The van der Waals surface area contributed by atoms with Gasteiger partial charge in [-0.05, 0) is 49.1 Å². The molecular weight excluding hydrogens is 264 g/mol. The quantitative estimate of drug-likeness (QED) is 0.361. The Hall–Kier alpha value is -0.173. The first-order chi connectivity index (χ1) is 8.15. The third-order valence-corrected chi connectivity index (χ3v) is 8.80. The summed E-state index contributed by atoms with van der Waals surface area (Å²) in [7, 11) is -1.62. The molecule has 1 aliphatic carbocycles. The highest BCUT2D eigenvalue weighted by molar-refractivity contribution is 7.80. The van der Waals surface area contributed by atoms with E-state index in [1.165, 1.54) is 0 Å². The molecule has 0 aromatic rings. The normalized spacial score (nSPS) is 24.3. The van der Waals surface area contributed by atoms with Crippen LogP contribution in [0.25, 0.3) is 0 Å². The second kappa shape index (κ2) is 5.86. The third-order valence-electron chi connectivity index (χ3n) is 4.03. The van der Waals surface area contributed by atoms with Gasteiger partial charge in [-0.15, -0.1) is 0 Å². The van der Waals surface area contributed by atoms with Crippen LogP contribution < -0.4 is 11.3 Å². The average Bonchev–Trinajstić information content (AvgIpc) is 2.18. The highest BCUT2D eigenvalue weighted by Gasteiger charge is 2.42. The van der Waals surface area contributed by atoms with Crippen LogP contribution in [0, 0.1) is 5.92 Å². The van der Waals surface area contributed by atoms with Gasteiger partial charge in [-0.1, -0.05) is 20.8 Å². The Morgan fingerprint density at radius 1 is 1.39 bits per heavy atom. The molecule has 3 N–H and O–H groups in total. The van der Waals surface area contributed by atoms with Gasteiger partial charge >= 0.3 is 0 Å². The van der Waals surface area contributed by atoms with Crippen LogP contribution in [-0.2, 0) is 9.16 Å². The zero-order valence-corrected chi connectivity index (χ0v) is 13.9. The van der Waals surface area contributed by atoms with Crippen LogP contribution in [0.2, 0.25) is 18.1 Å². The number of rotatable bonds is 4. The minimum atomic E-state index is -1.62. The Morgan fingerprint density at radius 2 is 1.94 bits per heavy atom. The van der Waals surface area contributed by atoms with Gasteiger partial charge in [0.1, 0.15) is 0 Å². The van der Waals surface area contributed by atoms with Gasteiger partial charge in [0, 0.05) is 6.10 Å². The van der Waals surface area contributed by atoms with Crippen LogP contribution in [0.5, 0.6) is 0 Å². The molecule has 0 bridgehead atoms. The zero-order chi connectivity index (χ0) is 14.0. The van der Waals surface area contributed by atoms with Gasteiger partial charge in [-0.2, -0.15) is 0 Å². The summed E-state index contributed by atoms with van der Waals surface area (Å²) < 4.78 is 11.6. The molecule has 0 amide bonds. The van der Waals surface area contributed by atoms with E-state index in [1.807, 2.05) is 0 Å². The highest BCUT2D eigenvalue weighted by atomic mass is 32.1. The number of nitrogens with one attached hydrogen (secondary N) is 1. The second-order valence-electron chi connectivity index (χ2n) is 6.58. The van der Waals surface area contributed by atoms with E-state index >= 15 is 0 Å². The van der Waals surface area contributed by atoms with E-state index in [0.29, 0.717) is 18.6 Å². The number of hydrogen-bond donors (Lipinski definition) is 2. The maximum Gasteiger partial charge on any atom is 0.271 e. The van der Waals surface area contributed by atoms with Crippen LogP contribution in [0.15, 0.2) is 0 Å². The molecule has 6 heteroatoms. The molecule has 18 heavy (non-hydrogen) atoms. The third kappa shape index (κ3) is 4.19. The summed E-state index contributed by atoms with van der Waals surface area (Å²) in [5.41, 5.74) is 2.32. The highest BCUT2D eigenvalue weighted by Crippen LogP contribution is 2.41. The van der Waals surface area contributed by atoms with Crippen LogP contribution in [-0.4, -0.2) is 26.2 Å². The van der Waals surface area contributed by atoms with Gasteiger partial charge in [0.2, 0.25) is 0 Å². The Bertz CT molecular complexity index is 299. The fourth-order valence-corrected chi connectivity index (χ4v) is 3.18. The molecule has 0 aromatic carbocycles. The Balaban J connectivity index is 2.25. The second-order valence-corrected chi connectivity index (χ2v) is 11.7. The van der Waals surface area contributed by atoms with Crippen molar-refractivity contribution in [2.75, 3.05) is 6.61 Å². The van der Waals surface area contributed by atoms with E-state index < -0.39 is 8.32 Å². The Morgan fingerprint density at radius 3 is 2.39 bits per heavy atom. The van der Waals surface area contributed by atoms with Crippen LogP contribution >= 0.6 is 12.2 Å². The van der Waals surface area contributed by atoms with Crippen molar-refractivity contribution in [2.45, 2.75) is 57.8 Å². The number of hydrazine groups is 1. The first kappa shape index (κ1) is 15.9. The molecule has 1 aliphatic rings. The van der Waals surface area contributed by atoms with E-state index in [2.05, 4.69) is 39.3 Å². The molecule has 0 radical (unpaired) electrons. The summed E-state index contributed by atoms with van der Waals surface area (Å²) in [5.74, 6) is 5.69. The van der Waals surface area contributed by atoms with Gasteiger partial charge < -0.3 is 9.16 Å². The van der Waals surface area contributed by atoms with E-state index in [0.717, 1.165) is 12.8 Å². The van der Waals surface area contributed by atoms with E-state index in [9.17, 15) is 0 Å². The molecule has 0 aromatic heterocycles. The molecule has 1 fully saturated rings. The number of thiocarbonyl (C=S) groups is 1. The molecular formula is C12H26N2O2SSi.